The number of rotatable bonds is 7. The Bertz CT molecular complexity index is 886. The van der Waals surface area contributed by atoms with Gasteiger partial charge in [-0.15, -0.1) is 0 Å². The first-order valence-electron chi connectivity index (χ1n) is 8.18. The number of fused-ring (bicyclic) bond motifs is 1. The summed E-state index contributed by atoms with van der Waals surface area (Å²) < 4.78 is 5.82. The number of nitrogens with one attached hydrogen (secondary N) is 1. The molecule has 3 N–H and O–H groups in total. The second kappa shape index (κ2) is 7.46. The Morgan fingerprint density at radius 3 is 2.80 bits per heavy atom. The highest BCUT2D eigenvalue weighted by atomic mass is 16.3. The van der Waals surface area contributed by atoms with Crippen molar-refractivity contribution in [2.75, 3.05) is 27.2 Å². The highest BCUT2D eigenvalue weighted by molar-refractivity contribution is 6.03. The van der Waals surface area contributed by atoms with Gasteiger partial charge in [0.2, 0.25) is 5.89 Å². The molecular weight excluding hydrogens is 316 g/mol. The molecule has 3 aromatic rings. The Labute approximate surface area is 146 Å². The Balaban J connectivity index is 1.82. The topological polar surface area (TPSA) is 84.4 Å². The number of aromatic nitrogens is 1. The number of benzene rings is 2. The van der Waals surface area contributed by atoms with Gasteiger partial charge < -0.3 is 20.4 Å². The molecule has 0 radical (unpaired) electrons. The van der Waals surface area contributed by atoms with Crippen molar-refractivity contribution in [2.24, 2.45) is 5.73 Å². The Morgan fingerprint density at radius 1 is 1.24 bits per heavy atom. The summed E-state index contributed by atoms with van der Waals surface area (Å²) in [5.74, 6) is -0.0361. The van der Waals surface area contributed by atoms with Gasteiger partial charge in [0, 0.05) is 25.2 Å². The van der Waals surface area contributed by atoms with E-state index in [1.807, 2.05) is 18.2 Å². The number of oxazole rings is 1. The van der Waals surface area contributed by atoms with Crippen molar-refractivity contribution in [3.05, 3.63) is 53.6 Å². The number of hydrogen-bond acceptors (Lipinski definition) is 5. The predicted molar refractivity (Wildman–Crippen MR) is 98.2 cm³/mol. The van der Waals surface area contributed by atoms with Crippen molar-refractivity contribution >= 4 is 17.0 Å². The molecule has 0 aliphatic rings. The van der Waals surface area contributed by atoms with E-state index in [0.717, 1.165) is 30.8 Å². The molecule has 0 saturated heterocycles. The van der Waals surface area contributed by atoms with Crippen LogP contribution in [-0.4, -0.2) is 43.0 Å². The van der Waals surface area contributed by atoms with Crippen molar-refractivity contribution in [3.63, 3.8) is 0 Å². The van der Waals surface area contributed by atoms with Crippen LogP contribution >= 0.6 is 0 Å². The maximum Gasteiger partial charge on any atom is 0.252 e. The summed E-state index contributed by atoms with van der Waals surface area (Å²) >= 11 is 0. The van der Waals surface area contributed by atoms with E-state index in [0.29, 0.717) is 22.6 Å². The molecule has 0 bridgehead atoms. The molecule has 0 saturated carbocycles. The smallest absolute Gasteiger partial charge is 0.252 e. The van der Waals surface area contributed by atoms with Crippen LogP contribution in [0.4, 0.5) is 0 Å². The first kappa shape index (κ1) is 17.1. The van der Waals surface area contributed by atoms with Gasteiger partial charge in [0.1, 0.15) is 5.52 Å². The zero-order valence-electron chi connectivity index (χ0n) is 14.5. The third-order valence-corrected chi connectivity index (χ3v) is 3.92. The standard InChI is InChI=1S/C19H22N4O2/c1-23(2)10-9-21-12-13-5-3-6-14(11-13)19-22-16-8-4-7-15(18(20)24)17(16)25-19/h3-8,11,21H,9-10,12H2,1-2H3,(H2,20,24). The second-order valence-electron chi connectivity index (χ2n) is 6.22. The Kier molecular flexibility index (Phi) is 5.11. The molecule has 0 fully saturated rings. The average molecular weight is 338 g/mol. The molecule has 0 unspecified atom stereocenters. The minimum Gasteiger partial charge on any atom is -0.435 e. The van der Waals surface area contributed by atoms with Crippen LogP contribution in [0, 0.1) is 0 Å². The summed E-state index contributed by atoms with van der Waals surface area (Å²) in [5.41, 5.74) is 8.82. The molecule has 0 atom stereocenters. The van der Waals surface area contributed by atoms with E-state index in [9.17, 15) is 4.79 Å². The van der Waals surface area contributed by atoms with Crippen molar-refractivity contribution in [2.45, 2.75) is 6.54 Å². The molecule has 0 aliphatic carbocycles. The minimum atomic E-state index is -0.521. The molecule has 6 nitrogen and oxygen atoms in total. The molecule has 6 heteroatoms. The van der Waals surface area contributed by atoms with Crippen LogP contribution in [0.2, 0.25) is 0 Å². The fraction of sp³-hybridized carbons (Fsp3) is 0.263. The molecule has 0 spiro atoms. The maximum absolute atomic E-state index is 11.5. The molecule has 1 amide bonds. The predicted octanol–water partition coefficient (Wildman–Crippen LogP) is 2.24. The highest BCUT2D eigenvalue weighted by Crippen LogP contribution is 2.27. The van der Waals surface area contributed by atoms with Crippen LogP contribution in [0.25, 0.3) is 22.6 Å². The fourth-order valence-electron chi connectivity index (χ4n) is 2.62. The lowest BCUT2D eigenvalue weighted by Gasteiger charge is -2.10. The molecule has 25 heavy (non-hydrogen) atoms. The molecule has 2 aromatic carbocycles. The quantitative estimate of drug-likeness (QED) is 0.646. The van der Waals surface area contributed by atoms with Gasteiger partial charge in [-0.2, -0.15) is 0 Å². The SMILES string of the molecule is CN(C)CCNCc1cccc(-c2nc3cccc(C(N)=O)c3o2)c1. The summed E-state index contributed by atoms with van der Waals surface area (Å²) in [5, 5.41) is 3.41. The van der Waals surface area contributed by atoms with E-state index in [-0.39, 0.29) is 0 Å². The first-order valence-corrected chi connectivity index (χ1v) is 8.18. The third kappa shape index (κ3) is 4.04. The van der Waals surface area contributed by atoms with E-state index >= 15 is 0 Å². The van der Waals surface area contributed by atoms with Crippen LogP contribution in [0.1, 0.15) is 15.9 Å². The van der Waals surface area contributed by atoms with E-state index in [1.165, 1.54) is 0 Å². The first-order chi connectivity index (χ1) is 12.0. The van der Waals surface area contributed by atoms with Gasteiger partial charge in [-0.3, -0.25) is 4.79 Å². The summed E-state index contributed by atoms with van der Waals surface area (Å²) in [6.07, 6.45) is 0. The Hall–Kier alpha value is -2.70. The third-order valence-electron chi connectivity index (χ3n) is 3.92. The summed E-state index contributed by atoms with van der Waals surface area (Å²) in [4.78, 5) is 18.2. The lowest BCUT2D eigenvalue weighted by Crippen LogP contribution is -2.26. The summed E-state index contributed by atoms with van der Waals surface area (Å²) in [6, 6.07) is 13.2. The van der Waals surface area contributed by atoms with E-state index in [2.05, 4.69) is 35.4 Å². The van der Waals surface area contributed by atoms with E-state index in [1.54, 1.807) is 18.2 Å². The average Bonchev–Trinajstić information content (AvgIpc) is 3.03. The Morgan fingerprint density at radius 2 is 2.04 bits per heavy atom. The van der Waals surface area contributed by atoms with Gasteiger partial charge in [-0.25, -0.2) is 4.98 Å². The van der Waals surface area contributed by atoms with Gasteiger partial charge in [0.25, 0.3) is 5.91 Å². The largest absolute Gasteiger partial charge is 0.435 e. The van der Waals surface area contributed by atoms with Crippen molar-refractivity contribution < 1.29 is 9.21 Å². The number of nitrogens with two attached hydrogens (primary N) is 1. The van der Waals surface area contributed by atoms with Crippen LogP contribution in [-0.2, 0) is 6.54 Å². The molecule has 130 valence electrons. The van der Waals surface area contributed by atoms with Crippen LogP contribution in [0.3, 0.4) is 0 Å². The lowest BCUT2D eigenvalue weighted by atomic mass is 10.1. The number of amides is 1. The molecule has 1 heterocycles. The number of carbonyl (C=O) groups is 1. The van der Waals surface area contributed by atoms with Crippen LogP contribution < -0.4 is 11.1 Å². The molecule has 1 aromatic heterocycles. The van der Waals surface area contributed by atoms with E-state index < -0.39 is 5.91 Å². The lowest BCUT2D eigenvalue weighted by molar-refractivity contribution is 0.100. The van der Waals surface area contributed by atoms with Gasteiger partial charge >= 0.3 is 0 Å². The van der Waals surface area contributed by atoms with Crippen molar-refractivity contribution in [1.29, 1.82) is 0 Å². The number of carbonyl (C=O) groups excluding carboxylic acids is 1. The van der Waals surface area contributed by atoms with Gasteiger partial charge in [-0.05, 0) is 43.9 Å². The number of nitrogens with zero attached hydrogens (tertiary/aromatic N) is 2. The van der Waals surface area contributed by atoms with E-state index in [4.69, 9.17) is 10.2 Å². The van der Waals surface area contributed by atoms with Crippen LogP contribution in [0.15, 0.2) is 46.9 Å². The van der Waals surface area contributed by atoms with Crippen LogP contribution in [0.5, 0.6) is 0 Å². The number of likely N-dealkylation sites (N-methyl/N-ethyl adjacent to an activating group) is 1. The summed E-state index contributed by atoms with van der Waals surface area (Å²) in [7, 11) is 4.10. The number of para-hydroxylation sites is 1. The zero-order valence-corrected chi connectivity index (χ0v) is 14.5. The van der Waals surface area contributed by atoms with Gasteiger partial charge in [0.05, 0.1) is 5.56 Å². The highest BCUT2D eigenvalue weighted by Gasteiger charge is 2.14. The van der Waals surface area contributed by atoms with Crippen molar-refractivity contribution in [3.8, 4) is 11.5 Å². The molecule has 0 aliphatic heterocycles. The monoisotopic (exact) mass is 338 g/mol. The molecule has 3 rings (SSSR count). The zero-order chi connectivity index (χ0) is 17.8. The van der Waals surface area contributed by atoms with Gasteiger partial charge in [0.15, 0.2) is 5.58 Å². The maximum atomic E-state index is 11.5. The number of hydrogen-bond donors (Lipinski definition) is 2. The second-order valence-corrected chi connectivity index (χ2v) is 6.22. The number of primary amides is 1. The van der Waals surface area contributed by atoms with Gasteiger partial charge in [-0.1, -0.05) is 18.2 Å². The normalized spacial score (nSPS) is 11.3. The summed E-state index contributed by atoms with van der Waals surface area (Å²) in [6.45, 7) is 2.68. The molecular formula is C19H22N4O2. The minimum absolute atomic E-state index is 0.345. The fourth-order valence-corrected chi connectivity index (χ4v) is 2.62. The van der Waals surface area contributed by atoms with Crippen molar-refractivity contribution in [1.82, 2.24) is 15.2 Å².